The number of carbonyl (C=O) groups is 1. The fourth-order valence-corrected chi connectivity index (χ4v) is 2.69. The Morgan fingerprint density at radius 2 is 2.32 bits per heavy atom. The number of nitrogens with one attached hydrogen (secondary N) is 1. The molecule has 1 amide bonds. The standard InChI is InChI=1S/C13H11BrN2O2S/c1-8-5-10(14)6-9(12(8)17)7-15-16-13(18)11-3-2-4-19-11/h2-7,17H,1H3,(H,16,18)/b15-7+. The van der Waals surface area contributed by atoms with Crippen LogP contribution in [0.15, 0.2) is 39.2 Å². The van der Waals surface area contributed by atoms with Gasteiger partial charge in [-0.2, -0.15) is 5.10 Å². The molecular weight excluding hydrogens is 328 g/mol. The molecule has 19 heavy (non-hydrogen) atoms. The Balaban J connectivity index is 2.09. The number of hydrazone groups is 1. The predicted octanol–water partition coefficient (Wildman–Crippen LogP) is 3.29. The third kappa shape index (κ3) is 3.42. The maximum Gasteiger partial charge on any atom is 0.281 e. The molecule has 1 aromatic carbocycles. The van der Waals surface area contributed by atoms with E-state index in [-0.39, 0.29) is 11.7 Å². The van der Waals surface area contributed by atoms with Gasteiger partial charge in [-0.25, -0.2) is 5.43 Å². The number of phenols is 1. The van der Waals surface area contributed by atoms with Gasteiger partial charge >= 0.3 is 0 Å². The Kier molecular flexibility index (Phi) is 4.34. The van der Waals surface area contributed by atoms with Crippen LogP contribution in [0.25, 0.3) is 0 Å². The van der Waals surface area contributed by atoms with E-state index >= 15 is 0 Å². The number of nitrogens with zero attached hydrogens (tertiary/aromatic N) is 1. The van der Waals surface area contributed by atoms with E-state index in [4.69, 9.17) is 0 Å². The average molecular weight is 339 g/mol. The predicted molar refractivity (Wildman–Crippen MR) is 79.9 cm³/mol. The summed E-state index contributed by atoms with van der Waals surface area (Å²) < 4.78 is 0.842. The van der Waals surface area contributed by atoms with E-state index in [0.717, 1.165) is 10.0 Å². The third-order valence-electron chi connectivity index (χ3n) is 2.41. The lowest BCUT2D eigenvalue weighted by atomic mass is 10.1. The Morgan fingerprint density at radius 1 is 1.53 bits per heavy atom. The van der Waals surface area contributed by atoms with Gasteiger partial charge in [-0.3, -0.25) is 4.79 Å². The van der Waals surface area contributed by atoms with E-state index in [0.29, 0.717) is 10.4 Å². The number of thiophene rings is 1. The van der Waals surface area contributed by atoms with Gasteiger partial charge < -0.3 is 5.11 Å². The molecule has 0 saturated heterocycles. The number of halogens is 1. The average Bonchev–Trinajstić information content (AvgIpc) is 2.88. The second kappa shape index (κ2) is 5.99. The van der Waals surface area contributed by atoms with Crippen LogP contribution in [-0.4, -0.2) is 17.2 Å². The van der Waals surface area contributed by atoms with Crippen LogP contribution in [0.2, 0.25) is 0 Å². The van der Waals surface area contributed by atoms with E-state index in [1.165, 1.54) is 17.6 Å². The van der Waals surface area contributed by atoms with Gasteiger partial charge in [0, 0.05) is 10.0 Å². The van der Waals surface area contributed by atoms with Gasteiger partial charge in [0.2, 0.25) is 0 Å². The molecule has 0 fully saturated rings. The van der Waals surface area contributed by atoms with Crippen molar-refractivity contribution in [1.29, 1.82) is 0 Å². The van der Waals surface area contributed by atoms with Crippen molar-refractivity contribution in [2.75, 3.05) is 0 Å². The van der Waals surface area contributed by atoms with E-state index in [9.17, 15) is 9.90 Å². The van der Waals surface area contributed by atoms with Crippen LogP contribution < -0.4 is 5.43 Å². The molecule has 1 aromatic heterocycles. The number of hydrogen-bond acceptors (Lipinski definition) is 4. The second-order valence-corrected chi connectivity index (χ2v) is 5.70. The number of aryl methyl sites for hydroxylation is 1. The molecule has 1 heterocycles. The number of rotatable bonds is 3. The molecular formula is C13H11BrN2O2S. The van der Waals surface area contributed by atoms with Crippen molar-refractivity contribution in [2.45, 2.75) is 6.92 Å². The molecule has 2 aromatic rings. The quantitative estimate of drug-likeness (QED) is 0.666. The van der Waals surface area contributed by atoms with E-state index in [2.05, 4.69) is 26.5 Å². The minimum atomic E-state index is -0.266. The fourth-order valence-electron chi connectivity index (χ4n) is 1.48. The number of benzene rings is 1. The number of aromatic hydroxyl groups is 1. The van der Waals surface area contributed by atoms with Gasteiger partial charge in [-0.15, -0.1) is 11.3 Å². The first-order valence-electron chi connectivity index (χ1n) is 5.44. The smallest absolute Gasteiger partial charge is 0.281 e. The first-order chi connectivity index (χ1) is 9.08. The van der Waals surface area contributed by atoms with Crippen molar-refractivity contribution < 1.29 is 9.90 Å². The Bertz CT molecular complexity index is 624. The summed E-state index contributed by atoms with van der Waals surface area (Å²) in [5, 5.41) is 15.5. The molecule has 0 radical (unpaired) electrons. The normalized spacial score (nSPS) is 10.8. The summed E-state index contributed by atoms with van der Waals surface area (Å²) >= 11 is 4.68. The molecule has 0 spiro atoms. The summed E-state index contributed by atoms with van der Waals surface area (Å²) in [5.41, 5.74) is 3.69. The van der Waals surface area contributed by atoms with E-state index in [1.807, 2.05) is 5.38 Å². The van der Waals surface area contributed by atoms with Crippen molar-refractivity contribution in [3.05, 3.63) is 50.1 Å². The lowest BCUT2D eigenvalue weighted by Crippen LogP contribution is -2.16. The third-order valence-corrected chi connectivity index (χ3v) is 3.74. The molecule has 0 aliphatic carbocycles. The molecule has 98 valence electrons. The minimum absolute atomic E-state index is 0.150. The second-order valence-electron chi connectivity index (χ2n) is 3.84. The number of carbonyl (C=O) groups excluding carboxylic acids is 1. The number of amides is 1. The van der Waals surface area contributed by atoms with Crippen molar-refractivity contribution in [3.63, 3.8) is 0 Å². The SMILES string of the molecule is Cc1cc(Br)cc(/C=N/NC(=O)c2cccs2)c1O. The largest absolute Gasteiger partial charge is 0.507 e. The zero-order valence-electron chi connectivity index (χ0n) is 10.1. The van der Waals surface area contributed by atoms with E-state index < -0.39 is 0 Å². The molecule has 0 saturated carbocycles. The van der Waals surface area contributed by atoms with Gasteiger partial charge in [0.05, 0.1) is 11.1 Å². The van der Waals surface area contributed by atoms with Gasteiger partial charge in [-0.1, -0.05) is 22.0 Å². The Morgan fingerprint density at radius 3 is 3.00 bits per heavy atom. The maximum absolute atomic E-state index is 11.6. The zero-order valence-corrected chi connectivity index (χ0v) is 12.5. The molecule has 0 aliphatic rings. The van der Waals surface area contributed by atoms with Gasteiger partial charge in [0.15, 0.2) is 0 Å². The molecule has 0 aliphatic heterocycles. The Labute approximate surface area is 122 Å². The van der Waals surface area contributed by atoms with Gasteiger partial charge in [-0.05, 0) is 36.1 Å². The van der Waals surface area contributed by atoms with Crippen LogP contribution in [-0.2, 0) is 0 Å². The molecule has 0 unspecified atom stereocenters. The van der Waals surface area contributed by atoms with Crippen LogP contribution >= 0.6 is 27.3 Å². The number of hydrogen-bond donors (Lipinski definition) is 2. The summed E-state index contributed by atoms with van der Waals surface area (Å²) in [5.74, 6) is -0.116. The highest BCUT2D eigenvalue weighted by molar-refractivity contribution is 9.10. The molecule has 0 atom stereocenters. The summed E-state index contributed by atoms with van der Waals surface area (Å²) in [6.07, 6.45) is 1.42. The van der Waals surface area contributed by atoms with Gasteiger partial charge in [0.25, 0.3) is 5.91 Å². The van der Waals surface area contributed by atoms with Crippen LogP contribution in [0.5, 0.6) is 5.75 Å². The number of phenolic OH excluding ortho intramolecular Hbond substituents is 1. The van der Waals surface area contributed by atoms with Crippen LogP contribution in [0.4, 0.5) is 0 Å². The summed E-state index contributed by atoms with van der Waals surface area (Å²) in [7, 11) is 0. The fraction of sp³-hybridized carbons (Fsp3) is 0.0769. The monoisotopic (exact) mass is 338 g/mol. The van der Waals surface area contributed by atoms with Crippen molar-refractivity contribution in [2.24, 2.45) is 5.10 Å². The molecule has 2 rings (SSSR count). The van der Waals surface area contributed by atoms with Crippen LogP contribution in [0.1, 0.15) is 20.8 Å². The molecule has 6 heteroatoms. The summed E-state index contributed by atoms with van der Waals surface area (Å²) in [4.78, 5) is 12.2. The molecule has 2 N–H and O–H groups in total. The molecule has 4 nitrogen and oxygen atoms in total. The first-order valence-corrected chi connectivity index (χ1v) is 7.11. The van der Waals surface area contributed by atoms with Crippen molar-refractivity contribution in [1.82, 2.24) is 5.43 Å². The lowest BCUT2D eigenvalue weighted by molar-refractivity contribution is 0.0959. The van der Waals surface area contributed by atoms with Crippen molar-refractivity contribution in [3.8, 4) is 5.75 Å². The molecule has 0 bridgehead atoms. The first kappa shape index (κ1) is 13.8. The summed E-state index contributed by atoms with van der Waals surface area (Å²) in [6.45, 7) is 1.79. The van der Waals surface area contributed by atoms with Crippen LogP contribution in [0.3, 0.4) is 0 Å². The van der Waals surface area contributed by atoms with Gasteiger partial charge in [0.1, 0.15) is 5.75 Å². The topological polar surface area (TPSA) is 61.7 Å². The lowest BCUT2D eigenvalue weighted by Gasteiger charge is -2.03. The Hall–Kier alpha value is -1.66. The maximum atomic E-state index is 11.6. The summed E-state index contributed by atoms with van der Waals surface area (Å²) in [6, 6.07) is 7.04. The van der Waals surface area contributed by atoms with E-state index in [1.54, 1.807) is 31.2 Å². The van der Waals surface area contributed by atoms with Crippen molar-refractivity contribution >= 4 is 39.4 Å². The highest BCUT2D eigenvalue weighted by Gasteiger charge is 2.06. The highest BCUT2D eigenvalue weighted by Crippen LogP contribution is 2.25. The zero-order chi connectivity index (χ0) is 13.8. The minimum Gasteiger partial charge on any atom is -0.507 e. The van der Waals surface area contributed by atoms with Crippen LogP contribution in [0, 0.1) is 6.92 Å². The highest BCUT2D eigenvalue weighted by atomic mass is 79.9.